The number of nitrogens with one attached hydrogen (secondary N) is 2. The van der Waals surface area contributed by atoms with Crippen molar-refractivity contribution < 1.29 is 29.7 Å². The summed E-state index contributed by atoms with van der Waals surface area (Å²) in [4.78, 5) is 38.6. The molecule has 2 atom stereocenters. The molecule has 31 heavy (non-hydrogen) atoms. The van der Waals surface area contributed by atoms with Gasteiger partial charge in [-0.05, 0) is 24.6 Å². The predicted octanol–water partition coefficient (Wildman–Crippen LogP) is 1.26. The van der Waals surface area contributed by atoms with Crippen LogP contribution in [0.2, 0.25) is 0 Å². The largest absolute Gasteiger partial charge is 0.504 e. The van der Waals surface area contributed by atoms with Crippen molar-refractivity contribution in [2.45, 2.75) is 19.4 Å². The number of phenols is 3. The Bertz CT molecular complexity index is 955. The molecule has 3 amide bonds. The molecule has 5 N–H and O–H groups in total. The molecule has 164 valence electrons. The zero-order valence-electron chi connectivity index (χ0n) is 17.0. The number of amides is 3. The number of hydrogen-bond donors (Lipinski definition) is 5. The molecule has 0 bridgehead atoms. The number of carbonyl (C=O) groups is 3. The summed E-state index contributed by atoms with van der Waals surface area (Å²) >= 11 is 0. The van der Waals surface area contributed by atoms with Crippen LogP contribution in [-0.4, -0.2) is 57.6 Å². The molecule has 1 aliphatic heterocycles. The van der Waals surface area contributed by atoms with Crippen LogP contribution < -0.4 is 10.6 Å². The number of rotatable bonds is 7. The second kappa shape index (κ2) is 9.38. The van der Waals surface area contributed by atoms with Gasteiger partial charge in [-0.15, -0.1) is 0 Å². The van der Waals surface area contributed by atoms with Gasteiger partial charge in [0.2, 0.25) is 11.8 Å². The Hall–Kier alpha value is -3.75. The number of aromatic hydroxyl groups is 3. The highest BCUT2D eigenvalue weighted by Crippen LogP contribution is 2.35. The molecule has 3 rings (SSSR count). The number of carbonyl (C=O) groups excluding carboxylic acids is 3. The van der Waals surface area contributed by atoms with Gasteiger partial charge in [-0.3, -0.25) is 14.4 Å². The van der Waals surface area contributed by atoms with Gasteiger partial charge in [-0.2, -0.15) is 0 Å². The van der Waals surface area contributed by atoms with Crippen LogP contribution >= 0.6 is 0 Å². The summed E-state index contributed by atoms with van der Waals surface area (Å²) in [6.45, 7) is 2.53. The highest BCUT2D eigenvalue weighted by Gasteiger charge is 2.36. The SMILES string of the molecule is CC(c1ccccc1)N1CC(C(=O)NCCNC(=O)c2cc(O)c(O)c(O)c2)CC1=O. The highest BCUT2D eigenvalue weighted by atomic mass is 16.3. The maximum atomic E-state index is 12.4. The van der Waals surface area contributed by atoms with E-state index < -0.39 is 29.1 Å². The van der Waals surface area contributed by atoms with Crippen LogP contribution in [0.1, 0.15) is 35.3 Å². The normalized spacial score (nSPS) is 16.7. The Kier molecular flexibility index (Phi) is 6.64. The van der Waals surface area contributed by atoms with Gasteiger partial charge >= 0.3 is 0 Å². The number of benzene rings is 2. The van der Waals surface area contributed by atoms with Crippen molar-refractivity contribution in [2.24, 2.45) is 5.92 Å². The van der Waals surface area contributed by atoms with Gasteiger partial charge in [0.25, 0.3) is 5.91 Å². The molecule has 2 aromatic carbocycles. The van der Waals surface area contributed by atoms with Gasteiger partial charge < -0.3 is 30.9 Å². The molecule has 9 heteroatoms. The fourth-order valence-corrected chi connectivity index (χ4v) is 3.54. The van der Waals surface area contributed by atoms with Crippen LogP contribution in [0.15, 0.2) is 42.5 Å². The third-order valence-corrected chi connectivity index (χ3v) is 5.32. The quantitative estimate of drug-likeness (QED) is 0.333. The van der Waals surface area contributed by atoms with E-state index in [1.54, 1.807) is 4.90 Å². The molecule has 0 spiro atoms. The summed E-state index contributed by atoms with van der Waals surface area (Å²) in [5.74, 6) is -3.30. The molecule has 0 aliphatic carbocycles. The molecule has 9 nitrogen and oxygen atoms in total. The van der Waals surface area contributed by atoms with Gasteiger partial charge in [-0.1, -0.05) is 30.3 Å². The predicted molar refractivity (Wildman–Crippen MR) is 111 cm³/mol. The van der Waals surface area contributed by atoms with Crippen molar-refractivity contribution in [3.63, 3.8) is 0 Å². The first-order valence-corrected chi connectivity index (χ1v) is 9.93. The fraction of sp³-hybridized carbons (Fsp3) is 0.318. The third kappa shape index (κ3) is 5.06. The summed E-state index contributed by atoms with van der Waals surface area (Å²) < 4.78 is 0. The van der Waals surface area contributed by atoms with Crippen LogP contribution in [-0.2, 0) is 9.59 Å². The van der Waals surface area contributed by atoms with E-state index in [9.17, 15) is 29.7 Å². The average molecular weight is 427 g/mol. The third-order valence-electron chi connectivity index (χ3n) is 5.32. The molecule has 2 aromatic rings. The fourth-order valence-electron chi connectivity index (χ4n) is 3.54. The van der Waals surface area contributed by atoms with E-state index in [2.05, 4.69) is 10.6 Å². The lowest BCUT2D eigenvalue weighted by atomic mass is 10.1. The highest BCUT2D eigenvalue weighted by molar-refractivity contribution is 5.95. The van der Waals surface area contributed by atoms with Gasteiger partial charge in [0, 0.05) is 31.6 Å². The van der Waals surface area contributed by atoms with Crippen molar-refractivity contribution in [1.82, 2.24) is 15.5 Å². The molecule has 2 unspecified atom stereocenters. The average Bonchev–Trinajstić information content (AvgIpc) is 3.16. The Labute approximate surface area is 179 Å². The molecule has 1 aliphatic rings. The van der Waals surface area contributed by atoms with Crippen LogP contribution in [0.3, 0.4) is 0 Å². The zero-order valence-corrected chi connectivity index (χ0v) is 17.0. The van der Waals surface area contributed by atoms with Crippen LogP contribution in [0.5, 0.6) is 17.2 Å². The van der Waals surface area contributed by atoms with E-state index in [1.807, 2.05) is 37.3 Å². The standard InChI is InChI=1S/C22H25N3O6/c1-13(14-5-3-2-4-6-14)25-12-16(11-19(25)28)22(31)24-8-7-23-21(30)15-9-17(26)20(29)18(27)10-15/h2-6,9-10,13,16,26-27,29H,7-8,11-12H2,1H3,(H,23,30)(H,24,31). The second-order valence-electron chi connectivity index (χ2n) is 7.44. The number of phenolic OH excluding ortho intramolecular Hbond substituents is 3. The first-order chi connectivity index (χ1) is 14.8. The number of likely N-dealkylation sites (tertiary alicyclic amines) is 1. The zero-order chi connectivity index (χ0) is 22.5. The maximum absolute atomic E-state index is 12.4. The van der Waals surface area contributed by atoms with Crippen LogP contribution in [0.25, 0.3) is 0 Å². The molecule has 1 fully saturated rings. The molecule has 1 heterocycles. The van der Waals surface area contributed by atoms with Crippen molar-refractivity contribution in [1.29, 1.82) is 0 Å². The molecule has 0 radical (unpaired) electrons. The van der Waals surface area contributed by atoms with E-state index in [-0.39, 0.29) is 42.9 Å². The van der Waals surface area contributed by atoms with Crippen LogP contribution in [0, 0.1) is 5.92 Å². The van der Waals surface area contributed by atoms with E-state index in [0.29, 0.717) is 6.54 Å². The Morgan fingerprint density at radius 2 is 1.68 bits per heavy atom. The van der Waals surface area contributed by atoms with Crippen molar-refractivity contribution in [2.75, 3.05) is 19.6 Å². The Balaban J connectivity index is 1.46. The maximum Gasteiger partial charge on any atom is 0.251 e. The Morgan fingerprint density at radius 3 is 2.32 bits per heavy atom. The summed E-state index contributed by atoms with van der Waals surface area (Å²) in [5, 5.41) is 33.5. The molecular formula is C22H25N3O6. The lowest BCUT2D eigenvalue weighted by Gasteiger charge is -2.25. The molecule has 0 saturated carbocycles. The van der Waals surface area contributed by atoms with Crippen molar-refractivity contribution >= 4 is 17.7 Å². The number of nitrogens with zero attached hydrogens (tertiary/aromatic N) is 1. The van der Waals surface area contributed by atoms with Crippen LogP contribution in [0.4, 0.5) is 0 Å². The summed E-state index contributed by atoms with van der Waals surface area (Å²) in [6, 6.07) is 11.5. The summed E-state index contributed by atoms with van der Waals surface area (Å²) in [5.41, 5.74) is 0.969. The lowest BCUT2D eigenvalue weighted by molar-refractivity contribution is -0.130. The molecular weight excluding hydrogens is 402 g/mol. The van der Waals surface area contributed by atoms with E-state index in [4.69, 9.17) is 0 Å². The topological polar surface area (TPSA) is 139 Å². The minimum atomic E-state index is -0.703. The minimum Gasteiger partial charge on any atom is -0.504 e. The van der Waals surface area contributed by atoms with Gasteiger partial charge in [-0.25, -0.2) is 0 Å². The van der Waals surface area contributed by atoms with Crippen molar-refractivity contribution in [3.05, 3.63) is 53.6 Å². The van der Waals surface area contributed by atoms with E-state index >= 15 is 0 Å². The summed E-state index contributed by atoms with van der Waals surface area (Å²) in [6.07, 6.45) is 0.140. The van der Waals surface area contributed by atoms with Gasteiger partial charge in [0.05, 0.1) is 12.0 Å². The van der Waals surface area contributed by atoms with Gasteiger partial charge in [0.1, 0.15) is 0 Å². The summed E-state index contributed by atoms with van der Waals surface area (Å²) in [7, 11) is 0. The monoisotopic (exact) mass is 427 g/mol. The van der Waals surface area contributed by atoms with Crippen molar-refractivity contribution in [3.8, 4) is 17.2 Å². The smallest absolute Gasteiger partial charge is 0.251 e. The first kappa shape index (κ1) is 21.9. The first-order valence-electron chi connectivity index (χ1n) is 9.93. The molecule has 0 aromatic heterocycles. The Morgan fingerprint density at radius 1 is 1.06 bits per heavy atom. The van der Waals surface area contributed by atoms with E-state index in [0.717, 1.165) is 17.7 Å². The minimum absolute atomic E-state index is 0.0361. The van der Waals surface area contributed by atoms with E-state index in [1.165, 1.54) is 0 Å². The molecule has 1 saturated heterocycles. The van der Waals surface area contributed by atoms with Gasteiger partial charge in [0.15, 0.2) is 17.2 Å². The lowest BCUT2D eigenvalue weighted by Crippen LogP contribution is -2.38. The second-order valence-corrected chi connectivity index (χ2v) is 7.44. The number of hydrogen-bond acceptors (Lipinski definition) is 6.